The molecule has 1 saturated heterocycles. The number of oxazole rings is 1. The summed E-state index contributed by atoms with van der Waals surface area (Å²) in [5.74, 6) is 0.946. The van der Waals surface area contributed by atoms with Crippen LogP contribution in [0.4, 0.5) is 4.79 Å². The fourth-order valence-corrected chi connectivity index (χ4v) is 2.86. The minimum Gasteiger partial charge on any atom is -0.480 e. The van der Waals surface area contributed by atoms with Crippen molar-refractivity contribution in [2.75, 3.05) is 11.6 Å². The number of aryl methyl sites for hydroxylation is 2. The zero-order valence-corrected chi connectivity index (χ0v) is 11.5. The number of urea groups is 1. The minimum absolute atomic E-state index is 0.154. The monoisotopic (exact) mass is 285 g/mol. The zero-order chi connectivity index (χ0) is 14.0. The van der Waals surface area contributed by atoms with Crippen LogP contribution in [0, 0.1) is 13.8 Å². The zero-order valence-electron chi connectivity index (χ0n) is 10.7. The molecule has 8 heteroatoms. The van der Waals surface area contributed by atoms with Crippen molar-refractivity contribution in [3.63, 3.8) is 0 Å². The number of amides is 2. The molecule has 19 heavy (non-hydrogen) atoms. The Morgan fingerprint density at radius 1 is 1.58 bits per heavy atom. The van der Waals surface area contributed by atoms with E-state index in [0.29, 0.717) is 23.3 Å². The maximum Gasteiger partial charge on any atom is 0.327 e. The lowest BCUT2D eigenvalue weighted by Crippen LogP contribution is -2.46. The standard InChI is InChI=1S/C11H15N3O4S/c1-6-7(2)18-9(13-6)3-12-11(17)14-5-19-4-8(14)10(15)16/h8H,3-5H2,1-2H3,(H,12,17)(H,15,16)/t8-/m0/s1. The van der Waals surface area contributed by atoms with Crippen molar-refractivity contribution in [3.05, 3.63) is 17.3 Å². The number of carbonyl (C=O) groups excluding carboxylic acids is 1. The van der Waals surface area contributed by atoms with Gasteiger partial charge in [0.15, 0.2) is 0 Å². The molecule has 7 nitrogen and oxygen atoms in total. The molecule has 2 amide bonds. The average molecular weight is 285 g/mol. The van der Waals surface area contributed by atoms with Gasteiger partial charge < -0.3 is 19.7 Å². The highest BCUT2D eigenvalue weighted by molar-refractivity contribution is 7.99. The number of hydrogen-bond donors (Lipinski definition) is 2. The second kappa shape index (κ2) is 5.52. The molecule has 0 saturated carbocycles. The molecule has 1 atom stereocenters. The summed E-state index contributed by atoms with van der Waals surface area (Å²) in [7, 11) is 0. The molecule has 104 valence electrons. The van der Waals surface area contributed by atoms with E-state index >= 15 is 0 Å². The van der Waals surface area contributed by atoms with Gasteiger partial charge in [-0.25, -0.2) is 14.6 Å². The van der Waals surface area contributed by atoms with Crippen LogP contribution in [0.2, 0.25) is 0 Å². The first-order valence-corrected chi connectivity index (χ1v) is 6.92. The van der Waals surface area contributed by atoms with E-state index in [2.05, 4.69) is 10.3 Å². The van der Waals surface area contributed by atoms with E-state index in [1.54, 1.807) is 6.92 Å². The molecule has 0 spiro atoms. The highest BCUT2D eigenvalue weighted by Crippen LogP contribution is 2.21. The van der Waals surface area contributed by atoms with Gasteiger partial charge in [0.2, 0.25) is 5.89 Å². The van der Waals surface area contributed by atoms with E-state index in [1.165, 1.54) is 16.7 Å². The molecule has 1 aliphatic heterocycles. The molecule has 1 aromatic heterocycles. The predicted octanol–water partition coefficient (Wildman–Crippen LogP) is 0.961. The van der Waals surface area contributed by atoms with Gasteiger partial charge in [-0.1, -0.05) is 0 Å². The van der Waals surface area contributed by atoms with Gasteiger partial charge in [-0.3, -0.25) is 0 Å². The number of nitrogens with zero attached hydrogens (tertiary/aromatic N) is 2. The van der Waals surface area contributed by atoms with E-state index in [9.17, 15) is 9.59 Å². The third-order valence-electron chi connectivity index (χ3n) is 2.89. The molecular weight excluding hydrogens is 270 g/mol. The van der Waals surface area contributed by atoms with Crippen LogP contribution in [0.25, 0.3) is 0 Å². The fraction of sp³-hybridized carbons (Fsp3) is 0.545. The Bertz CT molecular complexity index is 483. The van der Waals surface area contributed by atoms with E-state index < -0.39 is 18.0 Å². The number of carboxylic acid groups (broad SMARTS) is 1. The number of nitrogens with one attached hydrogen (secondary N) is 1. The topological polar surface area (TPSA) is 95.7 Å². The molecular formula is C11H15N3O4S. The summed E-state index contributed by atoms with van der Waals surface area (Å²) >= 11 is 1.42. The quantitative estimate of drug-likeness (QED) is 0.858. The summed E-state index contributed by atoms with van der Waals surface area (Å²) in [5, 5.41) is 11.6. The van der Waals surface area contributed by atoms with Crippen molar-refractivity contribution >= 4 is 23.8 Å². The Labute approximate surface area is 114 Å². The lowest BCUT2D eigenvalue weighted by molar-refractivity contribution is -0.140. The van der Waals surface area contributed by atoms with Crippen molar-refractivity contribution in [2.24, 2.45) is 0 Å². The second-order valence-electron chi connectivity index (χ2n) is 4.23. The van der Waals surface area contributed by atoms with Crippen LogP contribution in [-0.2, 0) is 11.3 Å². The molecule has 2 rings (SSSR count). The van der Waals surface area contributed by atoms with Crippen LogP contribution in [0.15, 0.2) is 4.42 Å². The molecule has 2 heterocycles. The summed E-state index contributed by atoms with van der Waals surface area (Å²) in [6.07, 6.45) is 0. The van der Waals surface area contributed by atoms with Gasteiger partial charge in [0.25, 0.3) is 0 Å². The number of carboxylic acids is 1. The molecule has 2 N–H and O–H groups in total. The Morgan fingerprint density at radius 2 is 2.32 bits per heavy atom. The Balaban J connectivity index is 1.92. The van der Waals surface area contributed by atoms with E-state index in [0.717, 1.165) is 5.69 Å². The number of rotatable bonds is 3. The summed E-state index contributed by atoms with van der Waals surface area (Å²) in [4.78, 5) is 28.3. The smallest absolute Gasteiger partial charge is 0.327 e. The second-order valence-corrected chi connectivity index (χ2v) is 5.23. The molecule has 0 aromatic carbocycles. The predicted molar refractivity (Wildman–Crippen MR) is 68.8 cm³/mol. The highest BCUT2D eigenvalue weighted by Gasteiger charge is 2.34. The number of hydrogen-bond acceptors (Lipinski definition) is 5. The van der Waals surface area contributed by atoms with Gasteiger partial charge in [-0.15, -0.1) is 11.8 Å². The van der Waals surface area contributed by atoms with Gasteiger partial charge in [-0.05, 0) is 13.8 Å². The number of aliphatic carboxylic acids is 1. The maximum absolute atomic E-state index is 11.9. The van der Waals surface area contributed by atoms with Crippen molar-refractivity contribution in [1.29, 1.82) is 0 Å². The molecule has 1 fully saturated rings. The lowest BCUT2D eigenvalue weighted by Gasteiger charge is -2.20. The molecule has 0 aliphatic carbocycles. The van der Waals surface area contributed by atoms with Crippen molar-refractivity contribution in [1.82, 2.24) is 15.2 Å². The minimum atomic E-state index is -0.983. The first-order valence-electron chi connectivity index (χ1n) is 5.77. The Hall–Kier alpha value is -1.70. The summed E-state index contributed by atoms with van der Waals surface area (Å²) in [6, 6.07) is -1.18. The lowest BCUT2D eigenvalue weighted by atomic mass is 10.3. The van der Waals surface area contributed by atoms with Gasteiger partial charge in [0, 0.05) is 5.75 Å². The SMILES string of the molecule is Cc1nc(CNC(=O)N2CSC[C@H]2C(=O)O)oc1C. The molecule has 1 aliphatic rings. The van der Waals surface area contributed by atoms with Crippen molar-refractivity contribution in [3.8, 4) is 0 Å². The average Bonchev–Trinajstić information content (AvgIpc) is 2.94. The van der Waals surface area contributed by atoms with Gasteiger partial charge >= 0.3 is 12.0 Å². The Kier molecular flexibility index (Phi) is 3.98. The van der Waals surface area contributed by atoms with Crippen molar-refractivity contribution in [2.45, 2.75) is 26.4 Å². The van der Waals surface area contributed by atoms with Crippen LogP contribution in [-0.4, -0.2) is 44.7 Å². The maximum atomic E-state index is 11.9. The van der Waals surface area contributed by atoms with E-state index in [1.807, 2.05) is 6.92 Å². The first kappa shape index (κ1) is 13.7. The third kappa shape index (κ3) is 3.01. The van der Waals surface area contributed by atoms with Crippen LogP contribution in [0.3, 0.4) is 0 Å². The number of carbonyl (C=O) groups is 2. The molecule has 0 unspecified atom stereocenters. The fourth-order valence-electron chi connectivity index (χ4n) is 1.71. The van der Waals surface area contributed by atoms with Crippen LogP contribution >= 0.6 is 11.8 Å². The van der Waals surface area contributed by atoms with Crippen LogP contribution in [0.1, 0.15) is 17.3 Å². The largest absolute Gasteiger partial charge is 0.480 e. The van der Waals surface area contributed by atoms with E-state index in [-0.39, 0.29) is 6.54 Å². The summed E-state index contributed by atoms with van der Waals surface area (Å²) in [5.41, 5.74) is 0.782. The summed E-state index contributed by atoms with van der Waals surface area (Å²) in [6.45, 7) is 3.77. The van der Waals surface area contributed by atoms with E-state index in [4.69, 9.17) is 9.52 Å². The van der Waals surface area contributed by atoms with Crippen molar-refractivity contribution < 1.29 is 19.1 Å². The van der Waals surface area contributed by atoms with Gasteiger partial charge in [0.1, 0.15) is 11.8 Å². The normalized spacial score (nSPS) is 18.6. The summed E-state index contributed by atoms with van der Waals surface area (Å²) < 4.78 is 5.34. The van der Waals surface area contributed by atoms with Crippen LogP contribution < -0.4 is 5.32 Å². The third-order valence-corrected chi connectivity index (χ3v) is 3.90. The van der Waals surface area contributed by atoms with Gasteiger partial charge in [0.05, 0.1) is 18.1 Å². The van der Waals surface area contributed by atoms with Gasteiger partial charge in [-0.2, -0.15) is 0 Å². The first-order chi connectivity index (χ1) is 8.99. The molecule has 1 aromatic rings. The molecule has 0 bridgehead atoms. The molecule has 0 radical (unpaired) electrons. The van der Waals surface area contributed by atoms with Crippen LogP contribution in [0.5, 0.6) is 0 Å². The Morgan fingerprint density at radius 3 is 2.89 bits per heavy atom. The highest BCUT2D eigenvalue weighted by atomic mass is 32.2. The number of thioether (sulfide) groups is 1. The number of aromatic nitrogens is 1.